The van der Waals surface area contributed by atoms with Gasteiger partial charge in [0.1, 0.15) is 16.9 Å². The zero-order chi connectivity index (χ0) is 20.2. The third kappa shape index (κ3) is 3.33. The number of amides is 1. The summed E-state index contributed by atoms with van der Waals surface area (Å²) in [4.78, 5) is 14.3. The van der Waals surface area contributed by atoms with Crippen LogP contribution in [-0.2, 0) is 12.8 Å². The molecule has 3 N–H and O–H groups in total. The van der Waals surface area contributed by atoms with Crippen molar-refractivity contribution in [3.8, 4) is 5.75 Å². The molecule has 0 unspecified atom stereocenters. The molecule has 1 aromatic carbocycles. The lowest BCUT2D eigenvalue weighted by molar-refractivity contribution is 0.0934. The molecule has 2 aromatic rings. The number of nitrogens with one attached hydrogen (secondary N) is 2. The number of carbonyl (C=O) groups excluding carboxylic acids is 1. The molecular weight excluding hydrogens is 460 g/mol. The number of hydrogen-bond donors (Lipinski definition) is 3. The number of anilines is 1. The molecule has 2 aliphatic rings. The number of carbonyl (C=O) groups is 1. The molecule has 2 atom stereocenters. The van der Waals surface area contributed by atoms with Crippen LogP contribution in [0.25, 0.3) is 0 Å². The Bertz CT molecular complexity index is 956. The summed E-state index contributed by atoms with van der Waals surface area (Å²) in [7, 11) is 0. The first-order valence-electron chi connectivity index (χ1n) is 9.61. The fourth-order valence-corrected chi connectivity index (χ4v) is 6.40. The molecular formula is C21H24BrClN2O2S. The molecule has 4 nitrogen and oxygen atoms in total. The van der Waals surface area contributed by atoms with Gasteiger partial charge in [0.25, 0.3) is 5.91 Å². The standard InChI is InChI=1S/C21H24BrClN2O2S/c1-4-21(2,3)10-5-6-12-15(7-10)28-20-16(12)19(27)24-18(25-20)13-8-11(23)9-14(22)17(13)26/h8-10,18,25-26H,4-7H2,1-3H3,(H,24,27)/t10-,18-/m1/s1. The first kappa shape index (κ1) is 20.0. The molecule has 1 aromatic heterocycles. The highest BCUT2D eigenvalue weighted by molar-refractivity contribution is 9.10. The Labute approximate surface area is 182 Å². The summed E-state index contributed by atoms with van der Waals surface area (Å²) in [6, 6.07) is 3.31. The van der Waals surface area contributed by atoms with Gasteiger partial charge in [-0.1, -0.05) is 38.8 Å². The van der Waals surface area contributed by atoms with Crippen molar-refractivity contribution in [3.05, 3.63) is 43.2 Å². The molecule has 7 heteroatoms. The SMILES string of the molecule is CCC(C)(C)[C@@H]1CCc2c(sc3c2C(=O)N[C@@H](c2cc(Cl)cc(Br)c2O)N3)C1. The molecule has 0 saturated heterocycles. The quantitative estimate of drug-likeness (QED) is 0.482. The van der Waals surface area contributed by atoms with Crippen LogP contribution in [0.3, 0.4) is 0 Å². The van der Waals surface area contributed by atoms with E-state index in [0.29, 0.717) is 26.4 Å². The second-order valence-electron chi connectivity index (χ2n) is 8.37. The Kier molecular flexibility index (Phi) is 5.17. The third-order valence-electron chi connectivity index (χ3n) is 6.43. The largest absolute Gasteiger partial charge is 0.506 e. The smallest absolute Gasteiger partial charge is 0.256 e. The molecule has 1 aliphatic heterocycles. The summed E-state index contributed by atoms with van der Waals surface area (Å²) in [6.07, 6.45) is 3.74. The fourth-order valence-electron chi connectivity index (χ4n) is 4.22. The van der Waals surface area contributed by atoms with Gasteiger partial charge in [-0.2, -0.15) is 0 Å². The zero-order valence-corrected chi connectivity index (χ0v) is 19.3. The first-order chi connectivity index (χ1) is 13.2. The van der Waals surface area contributed by atoms with Gasteiger partial charge < -0.3 is 15.7 Å². The minimum atomic E-state index is -0.516. The third-order valence-corrected chi connectivity index (χ3v) is 8.44. The fraction of sp³-hybridized carbons (Fsp3) is 0.476. The topological polar surface area (TPSA) is 61.4 Å². The van der Waals surface area contributed by atoms with Crippen molar-refractivity contribution < 1.29 is 9.90 Å². The summed E-state index contributed by atoms with van der Waals surface area (Å²) in [5.41, 5.74) is 2.83. The van der Waals surface area contributed by atoms with E-state index in [2.05, 4.69) is 47.3 Å². The maximum absolute atomic E-state index is 12.9. The van der Waals surface area contributed by atoms with E-state index in [-0.39, 0.29) is 11.7 Å². The normalized spacial score (nSPS) is 21.5. The van der Waals surface area contributed by atoms with Crippen molar-refractivity contribution in [2.24, 2.45) is 11.3 Å². The predicted octanol–water partition coefficient (Wildman–Crippen LogP) is 6.26. The van der Waals surface area contributed by atoms with Crippen LogP contribution in [0.1, 0.15) is 66.1 Å². The van der Waals surface area contributed by atoms with Crippen LogP contribution >= 0.6 is 38.9 Å². The second-order valence-corrected chi connectivity index (χ2v) is 10.8. The van der Waals surface area contributed by atoms with Crippen molar-refractivity contribution in [3.63, 3.8) is 0 Å². The van der Waals surface area contributed by atoms with Gasteiger partial charge in [-0.25, -0.2) is 0 Å². The van der Waals surface area contributed by atoms with Crippen LogP contribution in [0, 0.1) is 11.3 Å². The van der Waals surface area contributed by atoms with Gasteiger partial charge in [0.15, 0.2) is 0 Å². The monoisotopic (exact) mass is 482 g/mol. The number of hydrogen-bond acceptors (Lipinski definition) is 4. The molecule has 0 spiro atoms. The number of thiophene rings is 1. The van der Waals surface area contributed by atoms with E-state index in [1.807, 2.05) is 0 Å². The average Bonchev–Trinajstić information content (AvgIpc) is 3.02. The molecule has 1 aliphatic carbocycles. The van der Waals surface area contributed by atoms with Crippen molar-refractivity contribution in [1.29, 1.82) is 0 Å². The van der Waals surface area contributed by atoms with E-state index in [9.17, 15) is 9.90 Å². The van der Waals surface area contributed by atoms with Crippen LogP contribution in [-0.4, -0.2) is 11.0 Å². The van der Waals surface area contributed by atoms with Gasteiger partial charge in [-0.3, -0.25) is 4.79 Å². The molecule has 28 heavy (non-hydrogen) atoms. The lowest BCUT2D eigenvalue weighted by Crippen LogP contribution is -2.38. The number of fused-ring (bicyclic) bond motifs is 3. The van der Waals surface area contributed by atoms with Crippen LogP contribution in [0.2, 0.25) is 5.02 Å². The maximum atomic E-state index is 12.9. The number of halogens is 2. The molecule has 2 heterocycles. The Morgan fingerprint density at radius 1 is 1.36 bits per heavy atom. The predicted molar refractivity (Wildman–Crippen MR) is 119 cm³/mol. The maximum Gasteiger partial charge on any atom is 0.256 e. The van der Waals surface area contributed by atoms with Crippen molar-refractivity contribution in [1.82, 2.24) is 5.32 Å². The molecule has 0 saturated carbocycles. The summed E-state index contributed by atoms with van der Waals surface area (Å²) < 4.78 is 0.506. The van der Waals surface area contributed by atoms with Crippen LogP contribution in [0.5, 0.6) is 5.75 Å². The summed E-state index contributed by atoms with van der Waals surface area (Å²) in [6.45, 7) is 6.94. The van der Waals surface area contributed by atoms with Crippen LogP contribution < -0.4 is 10.6 Å². The van der Waals surface area contributed by atoms with Gasteiger partial charge >= 0.3 is 0 Å². The van der Waals surface area contributed by atoms with Crippen molar-refractivity contribution in [2.75, 3.05) is 5.32 Å². The van der Waals surface area contributed by atoms with E-state index in [4.69, 9.17) is 11.6 Å². The highest BCUT2D eigenvalue weighted by atomic mass is 79.9. The number of rotatable bonds is 3. The molecule has 4 rings (SSSR count). The molecule has 150 valence electrons. The number of aromatic hydroxyl groups is 1. The Morgan fingerprint density at radius 2 is 2.11 bits per heavy atom. The average molecular weight is 484 g/mol. The van der Waals surface area contributed by atoms with Gasteiger partial charge in [0.05, 0.1) is 10.0 Å². The molecule has 1 amide bonds. The first-order valence-corrected chi connectivity index (χ1v) is 11.6. The highest BCUT2D eigenvalue weighted by Gasteiger charge is 2.37. The summed E-state index contributed by atoms with van der Waals surface area (Å²) >= 11 is 11.2. The van der Waals surface area contributed by atoms with Gasteiger partial charge in [-0.15, -0.1) is 11.3 Å². The lowest BCUT2D eigenvalue weighted by atomic mass is 9.69. The Hall–Kier alpha value is -1.24. The second kappa shape index (κ2) is 7.22. The Morgan fingerprint density at radius 3 is 2.82 bits per heavy atom. The van der Waals surface area contributed by atoms with E-state index >= 15 is 0 Å². The zero-order valence-electron chi connectivity index (χ0n) is 16.2. The van der Waals surface area contributed by atoms with E-state index in [1.165, 1.54) is 10.4 Å². The minimum Gasteiger partial charge on any atom is -0.506 e. The van der Waals surface area contributed by atoms with Gasteiger partial charge in [0.2, 0.25) is 0 Å². The van der Waals surface area contributed by atoms with E-state index in [0.717, 1.165) is 36.2 Å². The number of benzene rings is 1. The summed E-state index contributed by atoms with van der Waals surface area (Å²) in [5.74, 6) is 0.633. The molecule has 0 radical (unpaired) electrons. The molecule has 0 fully saturated rings. The minimum absolute atomic E-state index is 0.0803. The number of phenols is 1. The van der Waals surface area contributed by atoms with Crippen LogP contribution in [0.15, 0.2) is 16.6 Å². The van der Waals surface area contributed by atoms with E-state index < -0.39 is 6.17 Å². The van der Waals surface area contributed by atoms with Gasteiger partial charge in [0, 0.05) is 15.5 Å². The Balaban J connectivity index is 1.67. The lowest BCUT2D eigenvalue weighted by Gasteiger charge is -2.36. The van der Waals surface area contributed by atoms with Crippen LogP contribution in [0.4, 0.5) is 5.00 Å². The highest BCUT2D eigenvalue weighted by Crippen LogP contribution is 2.47. The summed E-state index contributed by atoms with van der Waals surface area (Å²) in [5, 5.41) is 18.2. The number of phenolic OH excluding ortho intramolecular Hbond substituents is 1. The van der Waals surface area contributed by atoms with Gasteiger partial charge in [-0.05, 0) is 64.2 Å². The van der Waals surface area contributed by atoms with Crippen molar-refractivity contribution in [2.45, 2.75) is 52.6 Å². The molecule has 0 bridgehead atoms. The van der Waals surface area contributed by atoms with Crippen molar-refractivity contribution >= 4 is 49.8 Å². The van der Waals surface area contributed by atoms with E-state index in [1.54, 1.807) is 23.5 Å².